The van der Waals surface area contributed by atoms with Crippen LogP contribution in [0.25, 0.3) is 11.4 Å². The van der Waals surface area contributed by atoms with Crippen LogP contribution in [0, 0.1) is 5.92 Å². The molecule has 0 atom stereocenters. The Balaban J connectivity index is 1.64. The molecule has 3 rings (SSSR count). The van der Waals surface area contributed by atoms with Crippen molar-refractivity contribution in [2.24, 2.45) is 5.92 Å². The molecule has 6 heteroatoms. The topological polar surface area (TPSA) is 59.2 Å². The van der Waals surface area contributed by atoms with Gasteiger partial charge in [-0.05, 0) is 43.0 Å². The largest absolute Gasteiger partial charge is 0.337 e. The van der Waals surface area contributed by atoms with Gasteiger partial charge >= 0.3 is 0 Å². The Kier molecular flexibility index (Phi) is 6.45. The van der Waals surface area contributed by atoms with Crippen LogP contribution in [0.1, 0.15) is 44.4 Å². The molecule has 1 aromatic carbocycles. The molecule has 5 nitrogen and oxygen atoms in total. The van der Waals surface area contributed by atoms with Gasteiger partial charge in [0.1, 0.15) is 6.54 Å². The van der Waals surface area contributed by atoms with E-state index in [0.717, 1.165) is 18.4 Å². The van der Waals surface area contributed by atoms with Gasteiger partial charge in [0.15, 0.2) is 0 Å². The van der Waals surface area contributed by atoms with E-state index in [4.69, 9.17) is 16.1 Å². The second-order valence-corrected chi connectivity index (χ2v) is 7.23. The minimum atomic E-state index is 0.128. The maximum atomic E-state index is 12.7. The lowest BCUT2D eigenvalue weighted by atomic mass is 9.86. The van der Waals surface area contributed by atoms with Gasteiger partial charge < -0.3 is 9.42 Å². The number of halogens is 1. The molecule has 1 fully saturated rings. The summed E-state index contributed by atoms with van der Waals surface area (Å²) in [6.45, 7) is 4.54. The normalized spacial score (nSPS) is 15.0. The summed E-state index contributed by atoms with van der Waals surface area (Å²) >= 11 is 5.90. The van der Waals surface area contributed by atoms with Crippen molar-refractivity contribution in [3.05, 3.63) is 47.8 Å². The summed E-state index contributed by atoms with van der Waals surface area (Å²) in [6, 6.07) is 7.24. The van der Waals surface area contributed by atoms with E-state index in [1.54, 1.807) is 23.1 Å². The average Bonchev–Trinajstić information content (AvgIpc) is 3.11. The van der Waals surface area contributed by atoms with Crippen molar-refractivity contribution in [3.63, 3.8) is 0 Å². The SMILES string of the molecule is C=CCN(Cc1nc(-c2ccc(Cl)cc2)no1)C(=O)CC1CCCCC1. The van der Waals surface area contributed by atoms with Crippen molar-refractivity contribution < 1.29 is 9.32 Å². The number of hydrogen-bond donors (Lipinski definition) is 0. The monoisotopic (exact) mass is 373 g/mol. The van der Waals surface area contributed by atoms with Gasteiger partial charge in [-0.3, -0.25) is 4.79 Å². The molecule has 1 aliphatic carbocycles. The highest BCUT2D eigenvalue weighted by Gasteiger charge is 2.22. The van der Waals surface area contributed by atoms with E-state index < -0.39 is 0 Å². The lowest BCUT2D eigenvalue weighted by Crippen LogP contribution is -2.32. The summed E-state index contributed by atoms with van der Waals surface area (Å²) < 4.78 is 5.34. The molecule has 1 aromatic heterocycles. The van der Waals surface area contributed by atoms with Crippen LogP contribution in [0.3, 0.4) is 0 Å². The van der Waals surface area contributed by atoms with Gasteiger partial charge in [-0.2, -0.15) is 4.98 Å². The van der Waals surface area contributed by atoms with Crippen molar-refractivity contribution in [2.45, 2.75) is 45.1 Å². The first kappa shape index (κ1) is 18.6. The summed E-state index contributed by atoms with van der Waals surface area (Å²) in [7, 11) is 0. The van der Waals surface area contributed by atoms with Gasteiger partial charge in [0.25, 0.3) is 0 Å². The highest BCUT2D eigenvalue weighted by molar-refractivity contribution is 6.30. The molecule has 1 heterocycles. The summed E-state index contributed by atoms with van der Waals surface area (Å²) in [5, 5.41) is 4.67. The Bertz CT molecular complexity index is 736. The first-order valence-electron chi connectivity index (χ1n) is 9.13. The Labute approximate surface area is 159 Å². The number of aromatic nitrogens is 2. The van der Waals surface area contributed by atoms with E-state index in [-0.39, 0.29) is 5.91 Å². The molecule has 0 spiro atoms. The predicted molar refractivity (Wildman–Crippen MR) is 102 cm³/mol. The van der Waals surface area contributed by atoms with Crippen LogP contribution < -0.4 is 0 Å². The van der Waals surface area contributed by atoms with Gasteiger partial charge in [0.2, 0.25) is 17.6 Å². The molecule has 1 amide bonds. The lowest BCUT2D eigenvalue weighted by Gasteiger charge is -2.25. The second kappa shape index (κ2) is 8.99. The van der Waals surface area contributed by atoms with Crippen LogP contribution in [0.5, 0.6) is 0 Å². The van der Waals surface area contributed by atoms with Crippen molar-refractivity contribution >= 4 is 17.5 Å². The molecule has 0 aliphatic heterocycles. The zero-order valence-electron chi connectivity index (χ0n) is 14.9. The second-order valence-electron chi connectivity index (χ2n) is 6.79. The summed E-state index contributed by atoms with van der Waals surface area (Å²) in [6.07, 6.45) is 8.36. The van der Waals surface area contributed by atoms with Crippen molar-refractivity contribution in [1.29, 1.82) is 0 Å². The van der Waals surface area contributed by atoms with Gasteiger partial charge in [-0.1, -0.05) is 42.1 Å². The van der Waals surface area contributed by atoms with Crippen molar-refractivity contribution in [1.82, 2.24) is 15.0 Å². The number of amides is 1. The van der Waals surface area contributed by atoms with E-state index in [9.17, 15) is 4.79 Å². The molecule has 1 aliphatic rings. The van der Waals surface area contributed by atoms with Crippen LogP contribution in [0.15, 0.2) is 41.4 Å². The van der Waals surface area contributed by atoms with E-state index in [1.807, 2.05) is 12.1 Å². The van der Waals surface area contributed by atoms with Crippen molar-refractivity contribution in [3.8, 4) is 11.4 Å². The van der Waals surface area contributed by atoms with Crippen LogP contribution in [-0.4, -0.2) is 27.5 Å². The van der Waals surface area contributed by atoms with Gasteiger partial charge in [0, 0.05) is 23.6 Å². The van der Waals surface area contributed by atoms with Crippen LogP contribution in [0.4, 0.5) is 0 Å². The highest BCUT2D eigenvalue weighted by Crippen LogP contribution is 2.27. The lowest BCUT2D eigenvalue weighted by molar-refractivity contribution is -0.132. The number of carbonyl (C=O) groups is 1. The first-order chi connectivity index (χ1) is 12.7. The summed E-state index contributed by atoms with van der Waals surface area (Å²) in [4.78, 5) is 18.8. The smallest absolute Gasteiger partial charge is 0.246 e. The number of nitrogens with zero attached hydrogens (tertiary/aromatic N) is 3. The fourth-order valence-electron chi connectivity index (χ4n) is 3.38. The quantitative estimate of drug-likeness (QED) is 0.649. The van der Waals surface area contributed by atoms with Gasteiger partial charge in [-0.15, -0.1) is 6.58 Å². The van der Waals surface area contributed by atoms with Crippen LogP contribution >= 0.6 is 11.6 Å². The Hall–Kier alpha value is -2.14. The number of rotatable bonds is 7. The van der Waals surface area contributed by atoms with E-state index >= 15 is 0 Å². The molecule has 0 radical (unpaired) electrons. The molecule has 0 bridgehead atoms. The fraction of sp³-hybridized carbons (Fsp3) is 0.450. The Morgan fingerprint density at radius 2 is 2.00 bits per heavy atom. The Morgan fingerprint density at radius 3 is 2.69 bits per heavy atom. The maximum absolute atomic E-state index is 12.7. The molecule has 26 heavy (non-hydrogen) atoms. The molecule has 0 saturated heterocycles. The highest BCUT2D eigenvalue weighted by atomic mass is 35.5. The molecule has 2 aromatic rings. The minimum Gasteiger partial charge on any atom is -0.337 e. The molecule has 0 N–H and O–H groups in total. The number of hydrogen-bond acceptors (Lipinski definition) is 4. The third-order valence-electron chi connectivity index (χ3n) is 4.79. The third-order valence-corrected chi connectivity index (χ3v) is 5.04. The van der Waals surface area contributed by atoms with Crippen LogP contribution in [0.2, 0.25) is 5.02 Å². The molecule has 1 saturated carbocycles. The average molecular weight is 374 g/mol. The Morgan fingerprint density at radius 1 is 1.27 bits per heavy atom. The van der Waals surface area contributed by atoms with E-state index in [0.29, 0.717) is 42.2 Å². The number of carbonyl (C=O) groups excluding carboxylic acids is 1. The fourth-order valence-corrected chi connectivity index (χ4v) is 3.50. The van der Waals surface area contributed by atoms with Gasteiger partial charge in [0.05, 0.1) is 0 Å². The first-order valence-corrected chi connectivity index (χ1v) is 9.50. The van der Waals surface area contributed by atoms with Crippen molar-refractivity contribution in [2.75, 3.05) is 6.54 Å². The van der Waals surface area contributed by atoms with Gasteiger partial charge in [-0.25, -0.2) is 0 Å². The minimum absolute atomic E-state index is 0.128. The van der Waals surface area contributed by atoms with Crippen LogP contribution in [-0.2, 0) is 11.3 Å². The zero-order chi connectivity index (χ0) is 18.4. The maximum Gasteiger partial charge on any atom is 0.246 e. The number of benzene rings is 1. The van der Waals surface area contributed by atoms with E-state index in [1.165, 1.54) is 19.3 Å². The standard InChI is InChI=1S/C20H24ClN3O2/c1-2-12-24(19(25)13-15-6-4-3-5-7-15)14-18-22-20(23-26-18)16-8-10-17(21)11-9-16/h2,8-11,15H,1,3-7,12-14H2. The predicted octanol–water partition coefficient (Wildman–Crippen LogP) is 4.88. The zero-order valence-corrected chi connectivity index (χ0v) is 15.6. The summed E-state index contributed by atoms with van der Waals surface area (Å²) in [5.41, 5.74) is 0.827. The molecular formula is C20H24ClN3O2. The van der Waals surface area contributed by atoms with E-state index in [2.05, 4.69) is 16.7 Å². The molecular weight excluding hydrogens is 350 g/mol. The molecule has 138 valence electrons. The summed E-state index contributed by atoms with van der Waals surface area (Å²) in [5.74, 6) is 1.54. The molecule has 0 unspecified atom stereocenters. The third kappa shape index (κ3) is 4.94.